The average Bonchev–Trinajstić information content (AvgIpc) is 2.66. The van der Waals surface area contributed by atoms with Crippen LogP contribution in [0.1, 0.15) is 64.2 Å². The van der Waals surface area contributed by atoms with Crippen molar-refractivity contribution >= 4 is 0 Å². The molecule has 2 fully saturated rings. The molecule has 1 aliphatic carbocycles. The van der Waals surface area contributed by atoms with Crippen LogP contribution in [0.15, 0.2) is 0 Å². The van der Waals surface area contributed by atoms with Gasteiger partial charge in [-0.3, -0.25) is 0 Å². The SMILES string of the molecule is CNC1(CCN2CCCCCC2)CCCCC1. The third kappa shape index (κ3) is 3.96. The largest absolute Gasteiger partial charge is 0.314 e. The lowest BCUT2D eigenvalue weighted by atomic mass is 9.79. The van der Waals surface area contributed by atoms with Gasteiger partial charge in [0.05, 0.1) is 0 Å². The molecule has 2 heteroatoms. The van der Waals surface area contributed by atoms with Crippen LogP contribution in [0, 0.1) is 0 Å². The molecule has 1 heterocycles. The van der Waals surface area contributed by atoms with Crippen LogP contribution in [0.5, 0.6) is 0 Å². The summed E-state index contributed by atoms with van der Waals surface area (Å²) in [5, 5.41) is 3.65. The fourth-order valence-electron chi connectivity index (χ4n) is 3.59. The molecule has 1 saturated carbocycles. The quantitative estimate of drug-likeness (QED) is 0.809. The van der Waals surface area contributed by atoms with Crippen LogP contribution in [-0.4, -0.2) is 37.1 Å². The molecule has 2 aliphatic rings. The minimum Gasteiger partial charge on any atom is -0.314 e. The Morgan fingerprint density at radius 3 is 2.06 bits per heavy atom. The van der Waals surface area contributed by atoms with Gasteiger partial charge in [-0.2, -0.15) is 0 Å². The Balaban J connectivity index is 1.77. The van der Waals surface area contributed by atoms with E-state index in [-0.39, 0.29) is 0 Å². The highest BCUT2D eigenvalue weighted by molar-refractivity contribution is 4.90. The summed E-state index contributed by atoms with van der Waals surface area (Å²) in [5.41, 5.74) is 0.477. The second kappa shape index (κ2) is 6.75. The summed E-state index contributed by atoms with van der Waals surface area (Å²) in [7, 11) is 2.17. The van der Waals surface area contributed by atoms with Crippen LogP contribution in [0.3, 0.4) is 0 Å². The smallest absolute Gasteiger partial charge is 0.0190 e. The Bertz CT molecular complexity index is 201. The molecule has 1 aliphatic heterocycles. The van der Waals surface area contributed by atoms with Crippen LogP contribution in [0.4, 0.5) is 0 Å². The Morgan fingerprint density at radius 1 is 0.882 bits per heavy atom. The van der Waals surface area contributed by atoms with Gasteiger partial charge in [-0.15, -0.1) is 0 Å². The molecule has 0 bridgehead atoms. The van der Waals surface area contributed by atoms with Crippen LogP contribution in [0.25, 0.3) is 0 Å². The van der Waals surface area contributed by atoms with Gasteiger partial charge in [-0.1, -0.05) is 32.1 Å². The highest BCUT2D eigenvalue weighted by Gasteiger charge is 2.30. The molecule has 0 aromatic heterocycles. The lowest BCUT2D eigenvalue weighted by Gasteiger charge is -2.38. The molecule has 1 saturated heterocycles. The van der Waals surface area contributed by atoms with Gasteiger partial charge in [-0.25, -0.2) is 0 Å². The van der Waals surface area contributed by atoms with E-state index in [9.17, 15) is 0 Å². The maximum Gasteiger partial charge on any atom is 0.0190 e. The van der Waals surface area contributed by atoms with E-state index >= 15 is 0 Å². The minimum atomic E-state index is 0.477. The van der Waals surface area contributed by atoms with Crippen molar-refractivity contribution in [2.45, 2.75) is 69.7 Å². The van der Waals surface area contributed by atoms with Crippen LogP contribution in [0.2, 0.25) is 0 Å². The van der Waals surface area contributed by atoms with Crippen LogP contribution in [-0.2, 0) is 0 Å². The Kier molecular flexibility index (Phi) is 5.30. The van der Waals surface area contributed by atoms with Gasteiger partial charge < -0.3 is 10.2 Å². The van der Waals surface area contributed by atoms with E-state index in [1.165, 1.54) is 83.8 Å². The molecular weight excluding hydrogens is 208 g/mol. The number of hydrogen-bond acceptors (Lipinski definition) is 2. The van der Waals surface area contributed by atoms with Gasteiger partial charge in [0, 0.05) is 5.54 Å². The molecule has 0 unspecified atom stereocenters. The highest BCUT2D eigenvalue weighted by atomic mass is 15.1. The number of nitrogens with one attached hydrogen (secondary N) is 1. The molecule has 0 amide bonds. The van der Waals surface area contributed by atoms with Gasteiger partial charge in [-0.05, 0) is 58.8 Å². The zero-order valence-corrected chi connectivity index (χ0v) is 11.6. The first kappa shape index (κ1) is 13.4. The Labute approximate surface area is 107 Å². The normalized spacial score (nSPS) is 26.6. The summed E-state index contributed by atoms with van der Waals surface area (Å²) in [6.07, 6.45) is 14.2. The predicted octanol–water partition coefficient (Wildman–Crippen LogP) is 3.17. The van der Waals surface area contributed by atoms with E-state index in [4.69, 9.17) is 0 Å². The predicted molar refractivity (Wildman–Crippen MR) is 74.4 cm³/mol. The van der Waals surface area contributed by atoms with Crippen molar-refractivity contribution < 1.29 is 0 Å². The highest BCUT2D eigenvalue weighted by Crippen LogP contribution is 2.31. The summed E-state index contributed by atoms with van der Waals surface area (Å²) in [6, 6.07) is 0. The second-order valence-corrected chi connectivity index (χ2v) is 6.10. The van der Waals surface area contributed by atoms with Crippen molar-refractivity contribution in [3.63, 3.8) is 0 Å². The number of nitrogens with zero attached hydrogens (tertiary/aromatic N) is 1. The number of likely N-dealkylation sites (tertiary alicyclic amines) is 1. The number of rotatable bonds is 4. The van der Waals surface area contributed by atoms with Crippen LogP contribution < -0.4 is 5.32 Å². The van der Waals surface area contributed by atoms with Crippen molar-refractivity contribution in [2.24, 2.45) is 0 Å². The molecule has 17 heavy (non-hydrogen) atoms. The van der Waals surface area contributed by atoms with Gasteiger partial charge in [0.1, 0.15) is 0 Å². The molecular formula is C15H30N2. The third-order valence-electron chi connectivity index (χ3n) is 4.95. The maximum absolute atomic E-state index is 3.65. The zero-order chi connectivity index (χ0) is 12.0. The standard InChI is InChI=1S/C15H30N2/c1-16-15(9-5-4-6-10-15)11-14-17-12-7-2-3-8-13-17/h16H,2-14H2,1H3. The van der Waals surface area contributed by atoms with Gasteiger partial charge >= 0.3 is 0 Å². The number of hydrogen-bond donors (Lipinski definition) is 1. The lowest BCUT2D eigenvalue weighted by Crippen LogP contribution is -2.47. The van der Waals surface area contributed by atoms with Crippen molar-refractivity contribution in [2.75, 3.05) is 26.7 Å². The van der Waals surface area contributed by atoms with E-state index in [2.05, 4.69) is 17.3 Å². The first-order chi connectivity index (χ1) is 8.35. The zero-order valence-electron chi connectivity index (χ0n) is 11.6. The van der Waals surface area contributed by atoms with Crippen molar-refractivity contribution in [3.8, 4) is 0 Å². The lowest BCUT2D eigenvalue weighted by molar-refractivity contribution is 0.184. The van der Waals surface area contributed by atoms with E-state index < -0.39 is 0 Å². The van der Waals surface area contributed by atoms with E-state index in [0.717, 1.165) is 0 Å². The molecule has 0 aromatic carbocycles. The fraction of sp³-hybridized carbons (Fsp3) is 1.00. The summed E-state index contributed by atoms with van der Waals surface area (Å²) < 4.78 is 0. The summed E-state index contributed by atoms with van der Waals surface area (Å²) in [4.78, 5) is 2.71. The summed E-state index contributed by atoms with van der Waals surface area (Å²) in [5.74, 6) is 0. The monoisotopic (exact) mass is 238 g/mol. The first-order valence-electron chi connectivity index (χ1n) is 7.76. The second-order valence-electron chi connectivity index (χ2n) is 6.10. The summed E-state index contributed by atoms with van der Waals surface area (Å²) >= 11 is 0. The first-order valence-corrected chi connectivity index (χ1v) is 7.76. The van der Waals surface area contributed by atoms with Crippen molar-refractivity contribution in [1.82, 2.24) is 10.2 Å². The molecule has 0 radical (unpaired) electrons. The topological polar surface area (TPSA) is 15.3 Å². The third-order valence-corrected chi connectivity index (χ3v) is 4.95. The Hall–Kier alpha value is -0.0800. The van der Waals surface area contributed by atoms with Gasteiger partial charge in [0.15, 0.2) is 0 Å². The van der Waals surface area contributed by atoms with E-state index in [1.807, 2.05) is 0 Å². The molecule has 0 aromatic rings. The van der Waals surface area contributed by atoms with Crippen molar-refractivity contribution in [3.05, 3.63) is 0 Å². The molecule has 2 rings (SSSR count). The molecule has 0 spiro atoms. The molecule has 1 N–H and O–H groups in total. The van der Waals surface area contributed by atoms with E-state index in [0.29, 0.717) is 5.54 Å². The summed E-state index contributed by atoms with van der Waals surface area (Å²) in [6.45, 7) is 4.01. The molecule has 0 atom stereocenters. The maximum atomic E-state index is 3.65. The minimum absolute atomic E-state index is 0.477. The van der Waals surface area contributed by atoms with Crippen molar-refractivity contribution in [1.29, 1.82) is 0 Å². The van der Waals surface area contributed by atoms with E-state index in [1.54, 1.807) is 0 Å². The van der Waals surface area contributed by atoms with Gasteiger partial charge in [0.2, 0.25) is 0 Å². The fourth-order valence-corrected chi connectivity index (χ4v) is 3.59. The van der Waals surface area contributed by atoms with Gasteiger partial charge in [0.25, 0.3) is 0 Å². The molecule has 2 nitrogen and oxygen atoms in total. The average molecular weight is 238 g/mol. The molecule has 100 valence electrons. The Morgan fingerprint density at radius 2 is 1.47 bits per heavy atom. The van der Waals surface area contributed by atoms with Crippen LogP contribution >= 0.6 is 0 Å².